The second-order valence-corrected chi connectivity index (χ2v) is 12.3. The van der Waals surface area contributed by atoms with E-state index in [1.165, 1.54) is 7.11 Å². The number of aliphatic hydroxyl groups excluding tert-OH is 1. The van der Waals surface area contributed by atoms with E-state index in [0.29, 0.717) is 66.2 Å². The summed E-state index contributed by atoms with van der Waals surface area (Å²) in [4.78, 5) is 25.9. The monoisotopic (exact) mass is 713 g/mol. The molecule has 3 aromatic rings. The number of anilines is 2. The Kier molecular flexibility index (Phi) is 9.83. The number of hydrogen-bond donors (Lipinski definition) is 3. The van der Waals surface area contributed by atoms with Gasteiger partial charge in [-0.05, 0) is 47.7 Å². The highest BCUT2D eigenvalue weighted by Gasteiger charge is 2.70. The van der Waals surface area contributed by atoms with Crippen LogP contribution in [0.3, 0.4) is 0 Å². The number of piperidine rings is 1. The number of halogens is 1. The predicted octanol–water partition coefficient (Wildman–Crippen LogP) is 2.13. The summed E-state index contributed by atoms with van der Waals surface area (Å²) < 4.78 is 18.1. The maximum absolute atomic E-state index is 13.2. The molecule has 10 heteroatoms. The number of nitrogens with zero attached hydrogens (tertiary/aromatic N) is 1. The molecule has 1 unspecified atom stereocenters. The minimum atomic E-state index is -0.443. The predicted molar refractivity (Wildman–Crippen MR) is 164 cm³/mol. The Labute approximate surface area is 275 Å². The van der Waals surface area contributed by atoms with E-state index in [1.807, 2.05) is 48.5 Å². The first-order chi connectivity index (χ1) is 20.8. The number of epoxide rings is 1. The third-order valence-corrected chi connectivity index (χ3v) is 9.31. The molecule has 9 nitrogen and oxygen atoms in total. The van der Waals surface area contributed by atoms with Crippen molar-refractivity contribution in [2.24, 2.45) is 0 Å². The number of carbonyl (C=O) groups excluding carboxylic acids is 2. The maximum atomic E-state index is 13.2. The first-order valence-electron chi connectivity index (χ1n) is 15.0. The number of benzene rings is 3. The van der Waals surface area contributed by atoms with Gasteiger partial charge in [0.2, 0.25) is 5.91 Å². The number of aliphatic hydroxyl groups is 1. The molecule has 3 aliphatic rings. The van der Waals surface area contributed by atoms with Crippen LogP contribution in [0.1, 0.15) is 36.8 Å². The van der Waals surface area contributed by atoms with Gasteiger partial charge in [-0.25, -0.2) is 4.79 Å². The molecule has 3 heterocycles. The molecular formula is C34H40IN3O6. The van der Waals surface area contributed by atoms with Crippen molar-refractivity contribution >= 4 is 23.4 Å². The van der Waals surface area contributed by atoms with Gasteiger partial charge in [-0.1, -0.05) is 48.5 Å². The summed E-state index contributed by atoms with van der Waals surface area (Å²) in [5.74, 6) is 0.386. The highest BCUT2D eigenvalue weighted by Crippen LogP contribution is 2.51. The molecule has 44 heavy (non-hydrogen) atoms. The SMILES string of the molecule is COc1cc(CO)ccc1NC(=O)CCCc1ccc(-c2ccccc2)c(NC(=O)OC2C[C@@H]3[C@H]4O[C@H]4[C@H](C2)[N+]3(C)C)c1.[I-]. The topological polar surface area (TPSA) is 109 Å². The zero-order valence-corrected chi connectivity index (χ0v) is 27.5. The molecule has 0 spiro atoms. The zero-order chi connectivity index (χ0) is 30.1. The van der Waals surface area contributed by atoms with Crippen molar-refractivity contribution < 1.29 is 57.4 Å². The Bertz CT molecular complexity index is 1480. The molecule has 234 valence electrons. The fourth-order valence-corrected chi connectivity index (χ4v) is 6.91. The van der Waals surface area contributed by atoms with Crippen molar-refractivity contribution in [2.75, 3.05) is 31.8 Å². The first kappa shape index (κ1) is 32.2. The molecule has 2 amide bonds. The van der Waals surface area contributed by atoms with E-state index in [9.17, 15) is 14.7 Å². The maximum Gasteiger partial charge on any atom is 0.411 e. The van der Waals surface area contributed by atoms with Crippen LogP contribution in [-0.4, -0.2) is 73.2 Å². The molecule has 2 bridgehead atoms. The van der Waals surface area contributed by atoms with Crippen LogP contribution in [0.15, 0.2) is 66.7 Å². The first-order valence-corrected chi connectivity index (χ1v) is 15.0. The van der Waals surface area contributed by atoms with E-state index in [-0.39, 0.29) is 42.6 Å². The molecule has 0 aliphatic carbocycles. The van der Waals surface area contributed by atoms with Gasteiger partial charge in [0.05, 0.1) is 39.2 Å². The van der Waals surface area contributed by atoms with Gasteiger partial charge < -0.3 is 53.1 Å². The molecular weight excluding hydrogens is 673 g/mol. The molecule has 5 atom stereocenters. The van der Waals surface area contributed by atoms with Crippen molar-refractivity contribution in [3.05, 3.63) is 77.9 Å². The van der Waals surface area contributed by atoms with Crippen LogP contribution in [0.2, 0.25) is 0 Å². The van der Waals surface area contributed by atoms with Crippen molar-refractivity contribution in [3.8, 4) is 16.9 Å². The number of morpholine rings is 1. The summed E-state index contributed by atoms with van der Waals surface area (Å²) >= 11 is 0. The van der Waals surface area contributed by atoms with E-state index < -0.39 is 6.09 Å². The molecule has 3 N–H and O–H groups in total. The average Bonchev–Trinajstić information content (AvgIpc) is 3.77. The zero-order valence-electron chi connectivity index (χ0n) is 25.3. The molecule has 0 aromatic heterocycles. The summed E-state index contributed by atoms with van der Waals surface area (Å²) in [5, 5.41) is 15.3. The van der Waals surface area contributed by atoms with E-state index in [0.717, 1.165) is 34.0 Å². The van der Waals surface area contributed by atoms with Crippen LogP contribution < -0.4 is 39.3 Å². The molecule has 0 saturated carbocycles. The lowest BCUT2D eigenvalue weighted by Crippen LogP contribution is -3.00. The van der Waals surface area contributed by atoms with Gasteiger partial charge >= 0.3 is 6.09 Å². The van der Waals surface area contributed by atoms with Crippen LogP contribution in [0.25, 0.3) is 11.1 Å². The van der Waals surface area contributed by atoms with Crippen molar-refractivity contribution in [2.45, 2.75) is 69.1 Å². The minimum Gasteiger partial charge on any atom is -1.00 e. The van der Waals surface area contributed by atoms with E-state index in [1.54, 1.807) is 18.2 Å². The quantitative estimate of drug-likeness (QED) is 0.169. The summed E-state index contributed by atoms with van der Waals surface area (Å²) in [5.41, 5.74) is 4.89. The lowest BCUT2D eigenvalue weighted by atomic mass is 9.96. The third kappa shape index (κ3) is 6.73. The Hall–Kier alpha value is -3.19. The second kappa shape index (κ2) is 13.4. The Morgan fingerprint density at radius 1 is 0.932 bits per heavy atom. The van der Waals surface area contributed by atoms with E-state index in [2.05, 4.69) is 24.7 Å². The number of carbonyl (C=O) groups is 2. The largest absolute Gasteiger partial charge is 1.00 e. The number of hydrogen-bond acceptors (Lipinski definition) is 6. The standard InChI is InChI=1S/C34H39N3O6.HI/c1-37(2)28-18-24(19-29(37)33-32(28)43-33)42-34(40)36-27-16-21(12-14-25(27)23-9-5-4-6-10-23)8-7-11-31(39)35-26-15-13-22(20-38)17-30(26)41-3;/h4-6,9-10,12-17,24,28-29,32-33,38H,7-8,11,18-20H2,1-3H3,(H-,35,36,39,40);1H/t24?,28-,29+,32-,33+;. The number of methoxy groups -OCH3 is 1. The minimum absolute atomic E-state index is 0. The second-order valence-electron chi connectivity index (χ2n) is 12.3. The van der Waals surface area contributed by atoms with E-state index >= 15 is 0 Å². The van der Waals surface area contributed by atoms with Crippen LogP contribution in [0, 0.1) is 0 Å². The normalized spacial score (nSPS) is 24.0. The van der Waals surface area contributed by atoms with Gasteiger partial charge in [0.15, 0.2) is 0 Å². The summed E-state index contributed by atoms with van der Waals surface area (Å²) in [7, 11) is 6.05. The number of ether oxygens (including phenoxy) is 3. The van der Waals surface area contributed by atoms with Crippen molar-refractivity contribution in [1.82, 2.24) is 0 Å². The van der Waals surface area contributed by atoms with Gasteiger partial charge in [0, 0.05) is 24.8 Å². The van der Waals surface area contributed by atoms with Crippen molar-refractivity contribution in [1.29, 1.82) is 0 Å². The smallest absolute Gasteiger partial charge is 0.411 e. The Balaban J connectivity index is 0.00000384. The van der Waals surface area contributed by atoms with Crippen molar-refractivity contribution in [3.63, 3.8) is 0 Å². The lowest BCUT2D eigenvalue weighted by molar-refractivity contribution is -0.938. The fraction of sp³-hybridized carbons (Fsp3) is 0.412. The number of quaternary nitrogens is 1. The van der Waals surface area contributed by atoms with Crippen LogP contribution >= 0.6 is 0 Å². The summed E-state index contributed by atoms with van der Waals surface area (Å²) in [6, 6.07) is 21.9. The van der Waals surface area contributed by atoms with Crippen LogP contribution in [0.4, 0.5) is 16.2 Å². The van der Waals surface area contributed by atoms with Gasteiger partial charge in [-0.3, -0.25) is 10.1 Å². The summed E-state index contributed by atoms with van der Waals surface area (Å²) in [6.07, 6.45) is 3.25. The average molecular weight is 714 g/mol. The molecule has 3 fully saturated rings. The van der Waals surface area contributed by atoms with Gasteiger partial charge in [-0.2, -0.15) is 0 Å². The van der Waals surface area contributed by atoms with Crippen LogP contribution in [-0.2, 0) is 27.3 Å². The highest BCUT2D eigenvalue weighted by atomic mass is 127. The van der Waals surface area contributed by atoms with Gasteiger partial charge in [0.1, 0.15) is 36.1 Å². The number of likely N-dealkylation sites (N-methyl/N-ethyl adjacent to an activating group) is 1. The molecule has 6 rings (SSSR count). The molecule has 3 saturated heterocycles. The molecule has 0 radical (unpaired) electrons. The number of amides is 2. The van der Waals surface area contributed by atoms with E-state index in [4.69, 9.17) is 14.2 Å². The third-order valence-electron chi connectivity index (χ3n) is 9.31. The van der Waals surface area contributed by atoms with Gasteiger partial charge in [-0.15, -0.1) is 0 Å². The number of nitrogens with one attached hydrogen (secondary N) is 2. The van der Waals surface area contributed by atoms with Gasteiger partial charge in [0.25, 0.3) is 0 Å². The Morgan fingerprint density at radius 3 is 2.32 bits per heavy atom. The number of rotatable bonds is 10. The summed E-state index contributed by atoms with van der Waals surface area (Å²) in [6.45, 7) is -0.0995. The number of fused-ring (bicyclic) bond motifs is 5. The lowest BCUT2D eigenvalue weighted by Gasteiger charge is -2.45. The highest BCUT2D eigenvalue weighted by molar-refractivity contribution is 5.93. The van der Waals surface area contributed by atoms with Crippen LogP contribution in [0.5, 0.6) is 5.75 Å². The Morgan fingerprint density at radius 2 is 1.64 bits per heavy atom. The molecule has 3 aliphatic heterocycles. The molecule has 3 aromatic carbocycles. The fourth-order valence-electron chi connectivity index (χ4n) is 6.91. The number of aryl methyl sites for hydroxylation is 1.